The molecule has 0 aromatic carbocycles. The minimum atomic E-state index is -0.503. The van der Waals surface area contributed by atoms with Gasteiger partial charge in [0, 0.05) is 23.0 Å². The maximum atomic E-state index is 10.3. The van der Waals surface area contributed by atoms with E-state index in [2.05, 4.69) is 21.9 Å². The fourth-order valence-electron chi connectivity index (χ4n) is 4.37. The molecule has 1 fully saturated rings. The van der Waals surface area contributed by atoms with Crippen molar-refractivity contribution in [2.75, 3.05) is 13.2 Å². The van der Waals surface area contributed by atoms with E-state index >= 15 is 0 Å². The molecule has 5 heteroatoms. The third-order valence-corrected chi connectivity index (χ3v) is 7.04. The molecular formula is C23H38N2O2S. The number of hydrogen-bond acceptors (Lipinski definition) is 5. The van der Waals surface area contributed by atoms with E-state index in [1.807, 2.05) is 0 Å². The van der Waals surface area contributed by atoms with Gasteiger partial charge in [0.05, 0.1) is 5.71 Å². The third-order valence-electron chi connectivity index (χ3n) is 6.06. The average Bonchev–Trinajstić information content (AvgIpc) is 3.17. The lowest BCUT2D eigenvalue weighted by Crippen LogP contribution is -2.37. The zero-order valence-corrected chi connectivity index (χ0v) is 18.2. The van der Waals surface area contributed by atoms with Gasteiger partial charge in [0.15, 0.2) is 0 Å². The molecule has 1 saturated carbocycles. The molecule has 0 spiro atoms. The summed E-state index contributed by atoms with van der Waals surface area (Å²) in [6.45, 7) is 0.863. The van der Waals surface area contributed by atoms with Gasteiger partial charge in [-0.1, -0.05) is 62.9 Å². The Labute approximate surface area is 174 Å². The third kappa shape index (κ3) is 7.49. The van der Waals surface area contributed by atoms with Crippen LogP contribution in [0.1, 0.15) is 93.9 Å². The van der Waals surface area contributed by atoms with Gasteiger partial charge in [-0.3, -0.25) is 0 Å². The largest absolute Gasteiger partial charge is 0.393 e. The second-order valence-corrected chi connectivity index (χ2v) is 9.46. The summed E-state index contributed by atoms with van der Waals surface area (Å²) in [5.41, 5.74) is 2.29. The monoisotopic (exact) mass is 406 g/mol. The summed E-state index contributed by atoms with van der Waals surface area (Å²) >= 11 is 1.81. The van der Waals surface area contributed by atoms with E-state index in [4.69, 9.17) is 4.84 Å². The van der Waals surface area contributed by atoms with Crippen LogP contribution in [-0.2, 0) is 11.3 Å². The molecule has 1 heterocycles. The SMILES string of the molecule is OC(CNC1CCCCCCCCCCC1)CO/N=C1\CCCc2sccc21. The van der Waals surface area contributed by atoms with Crippen molar-refractivity contribution in [3.05, 3.63) is 21.9 Å². The first kappa shape index (κ1) is 21.8. The summed E-state index contributed by atoms with van der Waals surface area (Å²) < 4.78 is 0. The number of aliphatic hydroxyl groups excluding tert-OH is 1. The molecule has 1 aromatic rings. The highest BCUT2D eigenvalue weighted by Crippen LogP contribution is 2.26. The van der Waals surface area contributed by atoms with Crippen LogP contribution in [0.15, 0.2) is 16.6 Å². The lowest BCUT2D eigenvalue weighted by atomic mass is 9.97. The first-order valence-corrected chi connectivity index (χ1v) is 12.4. The molecular weight excluding hydrogens is 368 g/mol. The van der Waals surface area contributed by atoms with Crippen molar-refractivity contribution in [3.8, 4) is 0 Å². The predicted molar refractivity (Wildman–Crippen MR) is 118 cm³/mol. The van der Waals surface area contributed by atoms with Crippen LogP contribution in [0.25, 0.3) is 0 Å². The molecule has 1 aromatic heterocycles. The van der Waals surface area contributed by atoms with Crippen molar-refractivity contribution >= 4 is 17.0 Å². The zero-order chi connectivity index (χ0) is 19.4. The summed E-state index contributed by atoms with van der Waals surface area (Å²) in [6, 6.07) is 2.68. The average molecular weight is 407 g/mol. The fourth-order valence-corrected chi connectivity index (χ4v) is 5.31. The van der Waals surface area contributed by atoms with Crippen molar-refractivity contribution < 1.29 is 9.94 Å². The molecule has 158 valence electrons. The lowest BCUT2D eigenvalue weighted by Gasteiger charge is -2.21. The molecule has 1 unspecified atom stereocenters. The molecule has 0 aliphatic heterocycles. The summed E-state index contributed by atoms with van der Waals surface area (Å²) in [6.07, 6.45) is 17.6. The quantitative estimate of drug-likeness (QED) is 0.620. The van der Waals surface area contributed by atoms with E-state index in [0.717, 1.165) is 25.0 Å². The number of thiophene rings is 1. The Hall–Kier alpha value is -0.910. The van der Waals surface area contributed by atoms with Gasteiger partial charge in [-0.25, -0.2) is 0 Å². The molecule has 28 heavy (non-hydrogen) atoms. The topological polar surface area (TPSA) is 53.8 Å². The fraction of sp³-hybridized carbons (Fsp3) is 0.783. The number of aryl methyl sites for hydroxylation is 1. The Bertz CT molecular complexity index is 575. The smallest absolute Gasteiger partial charge is 0.144 e. The van der Waals surface area contributed by atoms with Crippen LogP contribution in [0.2, 0.25) is 0 Å². The molecule has 2 N–H and O–H groups in total. The predicted octanol–water partition coefficient (Wildman–Crippen LogP) is 5.43. The van der Waals surface area contributed by atoms with Crippen molar-refractivity contribution in [3.63, 3.8) is 0 Å². The summed E-state index contributed by atoms with van der Waals surface area (Å²) in [7, 11) is 0. The highest BCUT2D eigenvalue weighted by molar-refractivity contribution is 7.10. The highest BCUT2D eigenvalue weighted by atomic mass is 32.1. The summed E-state index contributed by atoms with van der Waals surface area (Å²) in [5.74, 6) is 0. The van der Waals surface area contributed by atoms with Crippen LogP contribution in [0, 0.1) is 0 Å². The summed E-state index contributed by atoms with van der Waals surface area (Å²) in [4.78, 5) is 6.93. The molecule has 2 aliphatic rings. The van der Waals surface area contributed by atoms with Crippen molar-refractivity contribution in [2.45, 2.75) is 102 Å². The van der Waals surface area contributed by atoms with Gasteiger partial charge in [-0.15, -0.1) is 11.3 Å². The number of nitrogens with zero attached hydrogens (tertiary/aromatic N) is 1. The van der Waals surface area contributed by atoms with E-state index < -0.39 is 6.10 Å². The number of oxime groups is 1. The minimum Gasteiger partial charge on any atom is -0.393 e. The van der Waals surface area contributed by atoms with E-state index in [1.165, 1.54) is 81.1 Å². The maximum Gasteiger partial charge on any atom is 0.144 e. The second-order valence-electron chi connectivity index (χ2n) is 8.46. The van der Waals surface area contributed by atoms with Gasteiger partial charge in [0.2, 0.25) is 0 Å². The Kier molecular flexibility index (Phi) is 9.81. The number of aliphatic hydroxyl groups is 1. The zero-order valence-electron chi connectivity index (χ0n) is 17.3. The number of fused-ring (bicyclic) bond motifs is 1. The van der Waals surface area contributed by atoms with Crippen LogP contribution < -0.4 is 5.32 Å². The number of rotatable bonds is 6. The van der Waals surface area contributed by atoms with E-state index in [1.54, 1.807) is 11.3 Å². The molecule has 2 aliphatic carbocycles. The summed E-state index contributed by atoms with van der Waals surface area (Å²) in [5, 5.41) is 20.4. The maximum absolute atomic E-state index is 10.3. The number of hydrogen-bond donors (Lipinski definition) is 2. The minimum absolute atomic E-state index is 0.267. The van der Waals surface area contributed by atoms with Crippen LogP contribution in [0.4, 0.5) is 0 Å². The van der Waals surface area contributed by atoms with Crippen molar-refractivity contribution in [1.82, 2.24) is 5.32 Å². The van der Waals surface area contributed by atoms with Gasteiger partial charge in [0.1, 0.15) is 12.7 Å². The van der Waals surface area contributed by atoms with Crippen molar-refractivity contribution in [1.29, 1.82) is 0 Å². The Morgan fingerprint density at radius 1 is 1.00 bits per heavy atom. The Morgan fingerprint density at radius 2 is 1.68 bits per heavy atom. The van der Waals surface area contributed by atoms with Crippen LogP contribution in [-0.4, -0.2) is 36.1 Å². The molecule has 4 nitrogen and oxygen atoms in total. The Morgan fingerprint density at radius 3 is 2.39 bits per heavy atom. The van der Waals surface area contributed by atoms with Gasteiger partial charge in [-0.2, -0.15) is 0 Å². The number of nitrogens with one attached hydrogen (secondary N) is 1. The molecule has 0 saturated heterocycles. The molecule has 0 bridgehead atoms. The Balaban J connectivity index is 1.37. The van der Waals surface area contributed by atoms with Gasteiger partial charge >= 0.3 is 0 Å². The second kappa shape index (κ2) is 12.6. The van der Waals surface area contributed by atoms with Crippen LogP contribution in [0.5, 0.6) is 0 Å². The molecule has 0 radical (unpaired) electrons. The van der Waals surface area contributed by atoms with Crippen LogP contribution >= 0.6 is 11.3 Å². The lowest BCUT2D eigenvalue weighted by molar-refractivity contribution is 0.0383. The highest BCUT2D eigenvalue weighted by Gasteiger charge is 2.17. The van der Waals surface area contributed by atoms with E-state index in [0.29, 0.717) is 12.6 Å². The van der Waals surface area contributed by atoms with Crippen LogP contribution in [0.3, 0.4) is 0 Å². The van der Waals surface area contributed by atoms with Gasteiger partial charge in [0.25, 0.3) is 0 Å². The first-order chi connectivity index (χ1) is 13.8. The van der Waals surface area contributed by atoms with Gasteiger partial charge < -0.3 is 15.3 Å². The van der Waals surface area contributed by atoms with Gasteiger partial charge in [-0.05, 0) is 43.6 Å². The normalized spacial score (nSPS) is 22.8. The standard InChI is InChI=1S/C23H38N2O2S/c26-20(18-27-25-22-13-10-14-23-21(22)15-16-28-23)17-24-19-11-8-6-4-2-1-3-5-7-9-12-19/h15-16,19-20,24,26H,1-14,17-18H2/b25-22+. The first-order valence-electron chi connectivity index (χ1n) is 11.5. The molecule has 0 amide bonds. The molecule has 3 rings (SSSR count). The van der Waals surface area contributed by atoms with E-state index in [-0.39, 0.29) is 6.61 Å². The molecule has 1 atom stereocenters. The van der Waals surface area contributed by atoms with E-state index in [9.17, 15) is 5.11 Å². The van der Waals surface area contributed by atoms with Crippen molar-refractivity contribution in [2.24, 2.45) is 5.16 Å².